The Morgan fingerprint density at radius 1 is 1.04 bits per heavy atom. The predicted molar refractivity (Wildman–Crippen MR) is 100 cm³/mol. The second-order valence-electron chi connectivity index (χ2n) is 5.51. The molecule has 2 aromatic carbocycles. The van der Waals surface area contributed by atoms with Gasteiger partial charge >= 0.3 is 0 Å². The monoisotopic (exact) mass is 374 g/mol. The van der Waals surface area contributed by atoms with Crippen LogP contribution in [0.2, 0.25) is 10.0 Å². The van der Waals surface area contributed by atoms with Crippen molar-refractivity contribution in [3.8, 4) is 11.4 Å². The van der Waals surface area contributed by atoms with Gasteiger partial charge in [0.05, 0.1) is 28.4 Å². The molecule has 0 saturated heterocycles. The van der Waals surface area contributed by atoms with E-state index in [0.29, 0.717) is 33.7 Å². The van der Waals surface area contributed by atoms with Gasteiger partial charge in [0, 0.05) is 6.42 Å². The summed E-state index contributed by atoms with van der Waals surface area (Å²) in [4.78, 5) is 12.6. The zero-order chi connectivity index (χ0) is 17.8. The maximum absolute atomic E-state index is 12.6. The van der Waals surface area contributed by atoms with Crippen molar-refractivity contribution in [3.63, 3.8) is 0 Å². The quantitative estimate of drug-likeness (QED) is 0.661. The lowest BCUT2D eigenvalue weighted by molar-refractivity contribution is 0.316. The number of ether oxygens (including phenoxy) is 1. The number of halogens is 2. The van der Waals surface area contributed by atoms with Crippen LogP contribution >= 0.6 is 23.2 Å². The van der Waals surface area contributed by atoms with Gasteiger partial charge in [-0.2, -0.15) is 9.78 Å². The Kier molecular flexibility index (Phi) is 5.41. The van der Waals surface area contributed by atoms with Crippen LogP contribution in [0.3, 0.4) is 0 Å². The van der Waals surface area contributed by atoms with Crippen LogP contribution in [0.4, 0.5) is 0 Å². The predicted octanol–water partition coefficient (Wildman–Crippen LogP) is 4.47. The molecule has 0 aliphatic heterocycles. The Balaban J connectivity index is 1.82. The Bertz CT molecular complexity index is 920. The molecule has 0 radical (unpaired) electrons. The molecule has 0 aliphatic carbocycles. The molecular formula is C19H16Cl2N2O2. The van der Waals surface area contributed by atoms with E-state index in [1.807, 2.05) is 30.3 Å². The minimum atomic E-state index is -0.313. The molecule has 0 N–H and O–H groups in total. The molecule has 1 heterocycles. The summed E-state index contributed by atoms with van der Waals surface area (Å²) < 4.78 is 6.93. The van der Waals surface area contributed by atoms with Crippen molar-refractivity contribution in [1.82, 2.24) is 9.78 Å². The first-order valence-electron chi connectivity index (χ1n) is 7.78. The highest BCUT2D eigenvalue weighted by molar-refractivity contribution is 6.37. The van der Waals surface area contributed by atoms with Crippen molar-refractivity contribution in [3.05, 3.63) is 86.3 Å². The van der Waals surface area contributed by atoms with Crippen LogP contribution in [0.15, 0.2) is 59.5 Å². The summed E-state index contributed by atoms with van der Waals surface area (Å²) >= 11 is 12.3. The molecule has 0 fully saturated rings. The zero-order valence-electron chi connectivity index (χ0n) is 13.6. The molecule has 25 heavy (non-hydrogen) atoms. The SMILES string of the molecule is Cc1c(OCCc2ccccc2)cnn(-c2c(Cl)cccc2Cl)c1=O. The maximum Gasteiger partial charge on any atom is 0.278 e. The van der Waals surface area contributed by atoms with E-state index in [2.05, 4.69) is 5.10 Å². The van der Waals surface area contributed by atoms with E-state index in [9.17, 15) is 4.79 Å². The van der Waals surface area contributed by atoms with Gasteiger partial charge in [0.2, 0.25) is 0 Å². The average molecular weight is 375 g/mol. The number of nitrogens with zero attached hydrogens (tertiary/aromatic N) is 2. The average Bonchev–Trinajstić information content (AvgIpc) is 2.61. The molecule has 0 bridgehead atoms. The van der Waals surface area contributed by atoms with Crippen molar-refractivity contribution in [2.24, 2.45) is 0 Å². The minimum absolute atomic E-state index is 0.313. The Morgan fingerprint density at radius 3 is 2.40 bits per heavy atom. The molecule has 0 saturated carbocycles. The Hall–Kier alpha value is -2.30. The molecule has 128 valence electrons. The van der Waals surface area contributed by atoms with Crippen molar-refractivity contribution in [2.45, 2.75) is 13.3 Å². The third-order valence-electron chi connectivity index (χ3n) is 3.81. The summed E-state index contributed by atoms with van der Waals surface area (Å²) in [6.07, 6.45) is 2.26. The molecule has 3 aromatic rings. The van der Waals surface area contributed by atoms with Gasteiger partial charge in [0.25, 0.3) is 5.56 Å². The Labute approximate surface area is 155 Å². The first kappa shape index (κ1) is 17.5. The Morgan fingerprint density at radius 2 is 1.72 bits per heavy atom. The fourth-order valence-corrected chi connectivity index (χ4v) is 3.00. The van der Waals surface area contributed by atoms with Gasteiger partial charge in [-0.15, -0.1) is 0 Å². The third kappa shape index (κ3) is 3.86. The van der Waals surface area contributed by atoms with E-state index in [-0.39, 0.29) is 5.56 Å². The molecule has 0 amide bonds. The van der Waals surface area contributed by atoms with Gasteiger partial charge in [-0.25, -0.2) is 0 Å². The van der Waals surface area contributed by atoms with Gasteiger partial charge in [0.1, 0.15) is 11.4 Å². The summed E-state index contributed by atoms with van der Waals surface area (Å²) in [5.41, 5.74) is 1.69. The largest absolute Gasteiger partial charge is 0.491 e. The second-order valence-corrected chi connectivity index (χ2v) is 6.32. The van der Waals surface area contributed by atoms with Crippen LogP contribution in [-0.2, 0) is 6.42 Å². The lowest BCUT2D eigenvalue weighted by Gasteiger charge is -2.12. The fraction of sp³-hybridized carbons (Fsp3) is 0.158. The topological polar surface area (TPSA) is 44.1 Å². The zero-order valence-corrected chi connectivity index (χ0v) is 15.1. The molecule has 1 aromatic heterocycles. The van der Waals surface area contributed by atoms with Crippen LogP contribution in [-0.4, -0.2) is 16.4 Å². The van der Waals surface area contributed by atoms with E-state index in [1.165, 1.54) is 16.4 Å². The van der Waals surface area contributed by atoms with Crippen LogP contribution < -0.4 is 10.3 Å². The van der Waals surface area contributed by atoms with Gasteiger partial charge in [-0.3, -0.25) is 4.79 Å². The highest BCUT2D eigenvalue weighted by atomic mass is 35.5. The molecule has 0 unspecified atom stereocenters. The first-order chi connectivity index (χ1) is 12.1. The van der Waals surface area contributed by atoms with Gasteiger partial charge in [-0.05, 0) is 24.6 Å². The number of hydrogen-bond acceptors (Lipinski definition) is 3. The highest BCUT2D eigenvalue weighted by Gasteiger charge is 2.14. The second kappa shape index (κ2) is 7.72. The standard InChI is InChI=1S/C19H16Cl2N2O2/c1-13-17(25-11-10-14-6-3-2-4-7-14)12-22-23(19(13)24)18-15(20)8-5-9-16(18)21/h2-9,12H,10-11H2,1H3. The van der Waals surface area contributed by atoms with Crippen LogP contribution in [0.25, 0.3) is 5.69 Å². The van der Waals surface area contributed by atoms with E-state index in [0.717, 1.165) is 6.42 Å². The summed E-state index contributed by atoms with van der Waals surface area (Å²) in [5, 5.41) is 4.89. The first-order valence-corrected chi connectivity index (χ1v) is 8.53. The smallest absolute Gasteiger partial charge is 0.278 e. The normalized spacial score (nSPS) is 10.7. The molecular weight excluding hydrogens is 359 g/mol. The van der Waals surface area contributed by atoms with Gasteiger partial charge in [-0.1, -0.05) is 59.6 Å². The lowest BCUT2D eigenvalue weighted by Crippen LogP contribution is -2.24. The van der Waals surface area contributed by atoms with E-state index >= 15 is 0 Å². The van der Waals surface area contributed by atoms with Gasteiger partial charge < -0.3 is 4.74 Å². The summed E-state index contributed by atoms with van der Waals surface area (Å²) in [6, 6.07) is 15.0. The molecule has 4 nitrogen and oxygen atoms in total. The van der Waals surface area contributed by atoms with E-state index in [4.69, 9.17) is 27.9 Å². The van der Waals surface area contributed by atoms with E-state index < -0.39 is 0 Å². The van der Waals surface area contributed by atoms with Crippen molar-refractivity contribution < 1.29 is 4.74 Å². The highest BCUT2D eigenvalue weighted by Crippen LogP contribution is 2.27. The fourth-order valence-electron chi connectivity index (χ4n) is 2.44. The number of hydrogen-bond donors (Lipinski definition) is 0. The molecule has 0 atom stereocenters. The number of rotatable bonds is 5. The summed E-state index contributed by atoms with van der Waals surface area (Å²) in [5.74, 6) is 0.459. The minimum Gasteiger partial charge on any atom is -0.491 e. The van der Waals surface area contributed by atoms with Crippen LogP contribution in [0.1, 0.15) is 11.1 Å². The number of para-hydroxylation sites is 1. The number of aromatic nitrogens is 2. The van der Waals surface area contributed by atoms with Crippen LogP contribution in [0, 0.1) is 6.92 Å². The molecule has 0 aliphatic rings. The van der Waals surface area contributed by atoms with E-state index in [1.54, 1.807) is 25.1 Å². The van der Waals surface area contributed by atoms with Gasteiger partial charge in [0.15, 0.2) is 0 Å². The lowest BCUT2D eigenvalue weighted by atomic mass is 10.2. The van der Waals surface area contributed by atoms with Crippen molar-refractivity contribution in [1.29, 1.82) is 0 Å². The van der Waals surface area contributed by atoms with Crippen LogP contribution in [0.5, 0.6) is 5.75 Å². The summed E-state index contributed by atoms with van der Waals surface area (Å²) in [6.45, 7) is 2.16. The summed E-state index contributed by atoms with van der Waals surface area (Å²) in [7, 11) is 0. The molecule has 0 spiro atoms. The van der Waals surface area contributed by atoms with Crippen molar-refractivity contribution in [2.75, 3.05) is 6.61 Å². The maximum atomic E-state index is 12.6. The molecule has 3 rings (SSSR count). The molecule has 6 heteroatoms. The third-order valence-corrected chi connectivity index (χ3v) is 4.42. The number of benzene rings is 2. The van der Waals surface area contributed by atoms with Crippen molar-refractivity contribution >= 4 is 23.2 Å².